The Kier molecular flexibility index (Phi) is 5.62. The number of aromatic nitrogens is 1. The molecule has 1 aromatic heterocycles. The van der Waals surface area contributed by atoms with Gasteiger partial charge in [-0.3, -0.25) is 0 Å². The van der Waals surface area contributed by atoms with E-state index in [9.17, 15) is 8.42 Å². The highest BCUT2D eigenvalue weighted by atomic mass is 32.2. The Morgan fingerprint density at radius 2 is 1.68 bits per heavy atom. The standard InChI is InChI=1S/C25H22N2O6S/c1-16-7-3-5-9-19(16)26-24-25(27-23(33-24)18-8-4-6-10-20(18)30-2)34(28,29)17-11-12-21-22(15-17)32-14-13-31-21/h3-12,15,26H,13-14H2,1-2H3. The van der Waals surface area contributed by atoms with E-state index in [4.69, 9.17) is 18.6 Å². The average Bonchev–Trinajstić information content (AvgIpc) is 3.29. The second kappa shape index (κ2) is 8.75. The molecule has 8 nitrogen and oxygen atoms in total. The van der Waals surface area contributed by atoms with E-state index >= 15 is 0 Å². The van der Waals surface area contributed by atoms with Gasteiger partial charge in [-0.15, -0.1) is 0 Å². The number of hydrogen-bond acceptors (Lipinski definition) is 8. The Bertz CT molecular complexity index is 1460. The largest absolute Gasteiger partial charge is 0.496 e. The summed E-state index contributed by atoms with van der Waals surface area (Å²) in [7, 11) is -2.56. The third kappa shape index (κ3) is 3.94. The number of aryl methyl sites for hydroxylation is 1. The molecule has 3 aromatic carbocycles. The highest BCUT2D eigenvalue weighted by Gasteiger charge is 2.31. The zero-order chi connectivity index (χ0) is 23.7. The number of rotatable bonds is 6. The van der Waals surface area contributed by atoms with E-state index in [1.165, 1.54) is 19.2 Å². The summed E-state index contributed by atoms with van der Waals surface area (Å²) in [4.78, 5) is 4.42. The van der Waals surface area contributed by atoms with Crippen LogP contribution < -0.4 is 19.5 Å². The van der Waals surface area contributed by atoms with Crippen LogP contribution in [-0.4, -0.2) is 33.7 Å². The molecule has 0 fully saturated rings. The monoisotopic (exact) mass is 478 g/mol. The van der Waals surface area contributed by atoms with Crippen LogP contribution in [0.25, 0.3) is 11.5 Å². The SMILES string of the molecule is COc1ccccc1-c1nc(S(=O)(=O)c2ccc3c(c2)OCCO3)c(Nc2ccccc2C)o1. The third-order valence-corrected chi connectivity index (χ3v) is 7.07. The van der Waals surface area contributed by atoms with Crippen molar-refractivity contribution in [2.45, 2.75) is 16.8 Å². The molecular formula is C25H22N2O6S. The lowest BCUT2D eigenvalue weighted by molar-refractivity contribution is 0.171. The number of sulfone groups is 1. The highest BCUT2D eigenvalue weighted by Crippen LogP contribution is 2.39. The van der Waals surface area contributed by atoms with Crippen molar-refractivity contribution < 1.29 is 27.0 Å². The van der Waals surface area contributed by atoms with Crippen molar-refractivity contribution in [3.05, 3.63) is 72.3 Å². The molecule has 34 heavy (non-hydrogen) atoms. The number of anilines is 2. The first kappa shape index (κ1) is 21.8. The number of nitrogens with one attached hydrogen (secondary N) is 1. The van der Waals surface area contributed by atoms with E-state index in [0.29, 0.717) is 41.7 Å². The zero-order valence-corrected chi connectivity index (χ0v) is 19.4. The molecule has 1 N–H and O–H groups in total. The van der Waals surface area contributed by atoms with E-state index < -0.39 is 9.84 Å². The second-order valence-electron chi connectivity index (χ2n) is 7.60. The van der Waals surface area contributed by atoms with Gasteiger partial charge in [-0.05, 0) is 42.8 Å². The van der Waals surface area contributed by atoms with Crippen LogP contribution in [-0.2, 0) is 9.84 Å². The van der Waals surface area contributed by atoms with Gasteiger partial charge in [0.1, 0.15) is 19.0 Å². The summed E-state index contributed by atoms with van der Waals surface area (Å²) in [5.41, 5.74) is 2.14. The molecule has 0 amide bonds. The van der Waals surface area contributed by atoms with E-state index in [2.05, 4.69) is 10.3 Å². The van der Waals surface area contributed by atoms with Gasteiger partial charge in [0.05, 0.1) is 17.6 Å². The van der Waals surface area contributed by atoms with Crippen molar-refractivity contribution in [2.24, 2.45) is 0 Å². The van der Waals surface area contributed by atoms with Crippen molar-refractivity contribution in [3.63, 3.8) is 0 Å². The van der Waals surface area contributed by atoms with Gasteiger partial charge in [0, 0.05) is 11.8 Å². The topological polar surface area (TPSA) is 99.9 Å². The molecule has 2 heterocycles. The van der Waals surface area contributed by atoms with Gasteiger partial charge in [0.15, 0.2) is 11.5 Å². The Morgan fingerprint density at radius 1 is 0.941 bits per heavy atom. The zero-order valence-electron chi connectivity index (χ0n) is 18.6. The molecule has 0 saturated carbocycles. The fraction of sp³-hybridized carbons (Fsp3) is 0.160. The van der Waals surface area contributed by atoms with Gasteiger partial charge >= 0.3 is 0 Å². The molecule has 9 heteroatoms. The third-order valence-electron chi connectivity index (χ3n) is 5.41. The first-order valence-corrected chi connectivity index (χ1v) is 12.1. The number of fused-ring (bicyclic) bond motifs is 1. The Hall–Kier alpha value is -3.98. The van der Waals surface area contributed by atoms with Gasteiger partial charge in [-0.1, -0.05) is 30.3 Å². The molecule has 174 valence electrons. The second-order valence-corrected chi connectivity index (χ2v) is 9.47. The first-order chi connectivity index (χ1) is 16.5. The summed E-state index contributed by atoms with van der Waals surface area (Å²) in [5.74, 6) is 1.50. The summed E-state index contributed by atoms with van der Waals surface area (Å²) in [6.07, 6.45) is 0. The van der Waals surface area contributed by atoms with Gasteiger partial charge < -0.3 is 23.9 Å². The van der Waals surface area contributed by atoms with E-state index in [0.717, 1.165) is 5.56 Å². The van der Waals surface area contributed by atoms with Crippen LogP contribution in [0.3, 0.4) is 0 Å². The van der Waals surface area contributed by atoms with Crippen LogP contribution in [0, 0.1) is 6.92 Å². The minimum Gasteiger partial charge on any atom is -0.496 e. The molecule has 0 unspecified atom stereocenters. The number of hydrogen-bond donors (Lipinski definition) is 1. The molecule has 0 bridgehead atoms. The molecule has 0 radical (unpaired) electrons. The summed E-state index contributed by atoms with van der Waals surface area (Å²) >= 11 is 0. The predicted octanol–water partition coefficient (Wildman–Crippen LogP) is 5.01. The maximum atomic E-state index is 13.7. The normalized spacial score (nSPS) is 12.9. The average molecular weight is 479 g/mol. The van der Waals surface area contributed by atoms with Gasteiger partial charge in [0.2, 0.25) is 26.6 Å². The summed E-state index contributed by atoms with van der Waals surface area (Å²) in [5, 5.41) is 2.86. The Balaban J connectivity index is 1.65. The maximum Gasteiger partial charge on any atom is 0.238 e. The number of methoxy groups -OCH3 is 1. The molecule has 4 aromatic rings. The van der Waals surface area contributed by atoms with Crippen molar-refractivity contribution in [1.82, 2.24) is 4.98 Å². The van der Waals surface area contributed by atoms with Crippen LogP contribution in [0.2, 0.25) is 0 Å². The Morgan fingerprint density at radius 3 is 2.47 bits per heavy atom. The van der Waals surface area contributed by atoms with Crippen molar-refractivity contribution in [2.75, 3.05) is 25.6 Å². The van der Waals surface area contributed by atoms with Gasteiger partial charge in [-0.25, -0.2) is 8.42 Å². The fourth-order valence-electron chi connectivity index (χ4n) is 3.64. The summed E-state index contributed by atoms with van der Waals surface area (Å²) < 4.78 is 49.9. The summed E-state index contributed by atoms with van der Waals surface area (Å²) in [6, 6.07) is 19.1. The molecule has 1 aliphatic heterocycles. The van der Waals surface area contributed by atoms with Crippen LogP contribution in [0.1, 0.15) is 5.56 Å². The van der Waals surface area contributed by atoms with Crippen molar-refractivity contribution >= 4 is 21.4 Å². The fourth-order valence-corrected chi connectivity index (χ4v) is 4.91. The van der Waals surface area contributed by atoms with Gasteiger partial charge in [0.25, 0.3) is 0 Å². The van der Waals surface area contributed by atoms with E-state index in [1.54, 1.807) is 24.3 Å². The van der Waals surface area contributed by atoms with Crippen LogP contribution in [0.4, 0.5) is 11.6 Å². The molecule has 5 rings (SSSR count). The first-order valence-electron chi connectivity index (χ1n) is 10.6. The van der Waals surface area contributed by atoms with Crippen LogP contribution >= 0.6 is 0 Å². The maximum absolute atomic E-state index is 13.7. The molecule has 0 spiro atoms. The highest BCUT2D eigenvalue weighted by molar-refractivity contribution is 7.91. The van der Waals surface area contributed by atoms with Crippen molar-refractivity contribution in [3.8, 4) is 28.7 Å². The lowest BCUT2D eigenvalue weighted by Gasteiger charge is -2.18. The molecule has 0 atom stereocenters. The van der Waals surface area contributed by atoms with Crippen molar-refractivity contribution in [1.29, 1.82) is 0 Å². The quantitative estimate of drug-likeness (QED) is 0.413. The number of ether oxygens (including phenoxy) is 3. The number of benzene rings is 3. The van der Waals surface area contributed by atoms with Crippen LogP contribution in [0.15, 0.2) is 81.1 Å². The predicted molar refractivity (Wildman–Crippen MR) is 126 cm³/mol. The molecule has 0 aliphatic carbocycles. The minimum absolute atomic E-state index is 0.00472. The van der Waals surface area contributed by atoms with E-state index in [-0.39, 0.29) is 21.7 Å². The minimum atomic E-state index is -4.09. The smallest absolute Gasteiger partial charge is 0.238 e. The number of para-hydroxylation sites is 2. The van der Waals surface area contributed by atoms with E-state index in [1.807, 2.05) is 37.3 Å². The lowest BCUT2D eigenvalue weighted by Crippen LogP contribution is -2.16. The molecule has 0 saturated heterocycles. The molecular weight excluding hydrogens is 456 g/mol. The van der Waals surface area contributed by atoms with Crippen LogP contribution in [0.5, 0.6) is 17.2 Å². The summed E-state index contributed by atoms with van der Waals surface area (Å²) in [6.45, 7) is 2.67. The Labute approximate surface area is 197 Å². The number of nitrogens with zero attached hydrogens (tertiary/aromatic N) is 1. The number of oxazole rings is 1. The van der Waals surface area contributed by atoms with Gasteiger partial charge in [-0.2, -0.15) is 4.98 Å². The molecule has 1 aliphatic rings. The lowest BCUT2D eigenvalue weighted by atomic mass is 10.2.